The average molecular weight is 395 g/mol. The number of hydrogen-bond acceptors (Lipinski definition) is 5. The molecule has 3 rings (SSSR count). The van der Waals surface area contributed by atoms with Gasteiger partial charge in [0.05, 0.1) is 18.8 Å². The van der Waals surface area contributed by atoms with E-state index in [1.807, 2.05) is 0 Å². The summed E-state index contributed by atoms with van der Waals surface area (Å²) in [5, 5.41) is 19.7. The van der Waals surface area contributed by atoms with Gasteiger partial charge in [-0.25, -0.2) is 14.0 Å². The van der Waals surface area contributed by atoms with E-state index in [1.165, 1.54) is 11.0 Å². The number of anilines is 1. The zero-order chi connectivity index (χ0) is 20.3. The molecular weight excluding hydrogens is 373 g/mol. The quantitative estimate of drug-likeness (QED) is 0.687. The fraction of sp³-hybridized carbons (Fsp3) is 0.500. The Bertz CT molecular complexity index is 766. The van der Waals surface area contributed by atoms with E-state index in [0.717, 1.165) is 0 Å². The zero-order valence-electron chi connectivity index (χ0n) is 15.1. The maximum atomic E-state index is 14.7. The summed E-state index contributed by atoms with van der Waals surface area (Å²) in [5.74, 6) is -0.812. The molecule has 0 saturated carbocycles. The molecule has 2 heterocycles. The number of aliphatic hydroxyl groups excluding tert-OH is 1. The van der Waals surface area contributed by atoms with Crippen LogP contribution in [0.15, 0.2) is 18.2 Å². The van der Waals surface area contributed by atoms with Crippen molar-refractivity contribution in [3.05, 3.63) is 29.6 Å². The summed E-state index contributed by atoms with van der Waals surface area (Å²) in [6.07, 6.45) is -1.32. The number of carboxylic acid groups (broad SMARTS) is 1. The van der Waals surface area contributed by atoms with Crippen LogP contribution in [0.5, 0.6) is 0 Å². The van der Waals surface area contributed by atoms with E-state index >= 15 is 0 Å². The van der Waals surface area contributed by atoms with E-state index in [4.69, 9.17) is 14.9 Å². The molecular formula is C18H22FN3O6. The number of carbonyl (C=O) groups excluding carboxylic acids is 2. The molecule has 0 radical (unpaired) electrons. The summed E-state index contributed by atoms with van der Waals surface area (Å²) in [6.45, 7) is 0.482. The first-order chi connectivity index (χ1) is 13.4. The van der Waals surface area contributed by atoms with E-state index in [2.05, 4.69) is 5.32 Å². The van der Waals surface area contributed by atoms with E-state index in [1.54, 1.807) is 17.0 Å². The van der Waals surface area contributed by atoms with Gasteiger partial charge >= 0.3 is 12.2 Å². The number of rotatable bonds is 5. The van der Waals surface area contributed by atoms with Crippen LogP contribution < -0.4 is 10.2 Å². The summed E-state index contributed by atoms with van der Waals surface area (Å²) >= 11 is 0. The second-order valence-electron chi connectivity index (χ2n) is 6.82. The van der Waals surface area contributed by atoms with Gasteiger partial charge in [0, 0.05) is 13.1 Å². The standard InChI is InChI=1S/C18H22FN3O6/c19-15-7-12(22-9-13(28-18(22)27)8-20-17(25)26)1-2-14(15)11-3-5-21(6-4-11)16(24)10-23/h1-2,7,11,13,20,23H,3-6,8-10H2,(H,25,26)/t13-/m0/s1. The van der Waals surface area contributed by atoms with Gasteiger partial charge in [0.25, 0.3) is 0 Å². The number of benzene rings is 1. The molecule has 9 nitrogen and oxygen atoms in total. The lowest BCUT2D eigenvalue weighted by atomic mass is 9.89. The minimum atomic E-state index is -1.21. The Labute approximate surface area is 160 Å². The minimum Gasteiger partial charge on any atom is -0.465 e. The van der Waals surface area contributed by atoms with E-state index in [-0.39, 0.29) is 24.9 Å². The lowest BCUT2D eigenvalue weighted by Crippen LogP contribution is -2.39. The molecule has 1 atom stereocenters. The number of amides is 3. The van der Waals surface area contributed by atoms with E-state index < -0.39 is 30.7 Å². The number of nitrogens with one attached hydrogen (secondary N) is 1. The van der Waals surface area contributed by atoms with Crippen LogP contribution in [0.2, 0.25) is 0 Å². The van der Waals surface area contributed by atoms with Crippen molar-refractivity contribution in [2.75, 3.05) is 37.7 Å². The Hall–Kier alpha value is -2.88. The van der Waals surface area contributed by atoms with Crippen molar-refractivity contribution in [1.82, 2.24) is 10.2 Å². The van der Waals surface area contributed by atoms with Gasteiger partial charge in [-0.1, -0.05) is 6.07 Å². The normalized spacial score (nSPS) is 20.2. The molecule has 1 aromatic rings. The number of piperidine rings is 1. The monoisotopic (exact) mass is 395 g/mol. The van der Waals surface area contributed by atoms with Gasteiger partial charge < -0.3 is 25.2 Å². The van der Waals surface area contributed by atoms with Crippen LogP contribution >= 0.6 is 0 Å². The molecule has 0 aromatic heterocycles. The van der Waals surface area contributed by atoms with Gasteiger partial charge in [-0.3, -0.25) is 9.69 Å². The lowest BCUT2D eigenvalue weighted by molar-refractivity contribution is -0.135. The smallest absolute Gasteiger partial charge is 0.414 e. The fourth-order valence-electron chi connectivity index (χ4n) is 3.59. The molecule has 0 bridgehead atoms. The van der Waals surface area contributed by atoms with Gasteiger partial charge in [0.2, 0.25) is 5.91 Å². The lowest BCUT2D eigenvalue weighted by Gasteiger charge is -2.32. The molecule has 2 aliphatic rings. The highest BCUT2D eigenvalue weighted by atomic mass is 19.1. The van der Waals surface area contributed by atoms with Crippen molar-refractivity contribution >= 4 is 23.8 Å². The van der Waals surface area contributed by atoms with Crippen molar-refractivity contribution < 1.29 is 33.7 Å². The number of nitrogens with zero attached hydrogens (tertiary/aromatic N) is 2. The Morgan fingerprint density at radius 2 is 2.00 bits per heavy atom. The molecule has 2 fully saturated rings. The molecule has 0 spiro atoms. The van der Waals surface area contributed by atoms with Gasteiger partial charge in [-0.2, -0.15) is 0 Å². The molecule has 28 heavy (non-hydrogen) atoms. The molecule has 3 N–H and O–H groups in total. The zero-order valence-corrected chi connectivity index (χ0v) is 15.1. The topological polar surface area (TPSA) is 119 Å². The fourth-order valence-corrected chi connectivity index (χ4v) is 3.59. The number of carbonyl (C=O) groups is 3. The first-order valence-electron chi connectivity index (χ1n) is 9.02. The van der Waals surface area contributed by atoms with Crippen LogP contribution in [0, 0.1) is 5.82 Å². The second kappa shape index (κ2) is 8.42. The molecule has 3 amide bonds. The Kier molecular flexibility index (Phi) is 5.98. The van der Waals surface area contributed by atoms with Crippen molar-refractivity contribution in [2.45, 2.75) is 24.9 Å². The van der Waals surface area contributed by atoms with Gasteiger partial charge in [-0.15, -0.1) is 0 Å². The number of aliphatic hydroxyl groups is 1. The van der Waals surface area contributed by atoms with Gasteiger partial charge in [-0.05, 0) is 36.5 Å². The Balaban J connectivity index is 1.64. The number of hydrogen-bond donors (Lipinski definition) is 3. The summed E-state index contributed by atoms with van der Waals surface area (Å²) < 4.78 is 19.8. The first-order valence-corrected chi connectivity index (χ1v) is 9.02. The van der Waals surface area contributed by atoms with E-state index in [9.17, 15) is 18.8 Å². The summed E-state index contributed by atoms with van der Waals surface area (Å²) in [5.41, 5.74) is 0.869. The molecule has 0 aliphatic carbocycles. The predicted molar refractivity (Wildman–Crippen MR) is 95.7 cm³/mol. The molecule has 10 heteroatoms. The summed E-state index contributed by atoms with van der Waals surface area (Å²) in [4.78, 5) is 36.9. The third-order valence-electron chi connectivity index (χ3n) is 5.07. The van der Waals surface area contributed by atoms with Gasteiger partial charge in [0.15, 0.2) is 0 Å². The summed E-state index contributed by atoms with van der Waals surface area (Å²) in [7, 11) is 0. The van der Waals surface area contributed by atoms with Crippen molar-refractivity contribution in [2.24, 2.45) is 0 Å². The molecule has 152 valence electrons. The third-order valence-corrected chi connectivity index (χ3v) is 5.07. The van der Waals surface area contributed by atoms with Crippen LogP contribution in [0.3, 0.4) is 0 Å². The van der Waals surface area contributed by atoms with Crippen LogP contribution in [0.25, 0.3) is 0 Å². The first kappa shape index (κ1) is 19.9. The van der Waals surface area contributed by atoms with Crippen LogP contribution in [-0.2, 0) is 9.53 Å². The highest BCUT2D eigenvalue weighted by Gasteiger charge is 2.33. The Morgan fingerprint density at radius 3 is 2.61 bits per heavy atom. The molecule has 0 unspecified atom stereocenters. The molecule has 2 aliphatic heterocycles. The van der Waals surface area contributed by atoms with Gasteiger partial charge in [0.1, 0.15) is 18.5 Å². The predicted octanol–water partition coefficient (Wildman–Crippen LogP) is 1.12. The van der Waals surface area contributed by atoms with E-state index in [0.29, 0.717) is 37.2 Å². The molecule has 2 saturated heterocycles. The average Bonchev–Trinajstić information content (AvgIpc) is 3.06. The number of ether oxygens (including phenoxy) is 1. The SMILES string of the molecule is O=C(O)NC[C@H]1CN(c2ccc(C3CCN(C(=O)CO)CC3)c(F)c2)C(=O)O1. The molecule has 1 aromatic carbocycles. The maximum absolute atomic E-state index is 14.7. The number of halogens is 1. The van der Waals surface area contributed by atoms with Crippen LogP contribution in [0.4, 0.5) is 19.7 Å². The largest absolute Gasteiger partial charge is 0.465 e. The summed E-state index contributed by atoms with van der Waals surface area (Å²) in [6, 6.07) is 4.54. The van der Waals surface area contributed by atoms with Crippen LogP contribution in [0.1, 0.15) is 24.3 Å². The minimum absolute atomic E-state index is 0.0384. The second-order valence-corrected chi connectivity index (χ2v) is 6.82. The highest BCUT2D eigenvalue weighted by molar-refractivity contribution is 5.89. The third kappa shape index (κ3) is 4.33. The number of cyclic esters (lactones) is 1. The Morgan fingerprint density at radius 1 is 1.29 bits per heavy atom. The van der Waals surface area contributed by atoms with Crippen molar-refractivity contribution in [3.8, 4) is 0 Å². The van der Waals surface area contributed by atoms with Crippen LogP contribution in [-0.4, -0.2) is 72.1 Å². The van der Waals surface area contributed by atoms with Crippen molar-refractivity contribution in [3.63, 3.8) is 0 Å². The van der Waals surface area contributed by atoms with Crippen molar-refractivity contribution in [1.29, 1.82) is 0 Å². The maximum Gasteiger partial charge on any atom is 0.414 e. The number of likely N-dealkylation sites (tertiary alicyclic amines) is 1. The highest BCUT2D eigenvalue weighted by Crippen LogP contribution is 2.32.